The molecule has 24 heavy (non-hydrogen) atoms. The van der Waals surface area contributed by atoms with E-state index in [0.717, 1.165) is 27.6 Å². The molecule has 0 saturated carbocycles. The molecule has 0 spiro atoms. The van der Waals surface area contributed by atoms with Crippen LogP contribution in [0.15, 0.2) is 71.8 Å². The van der Waals surface area contributed by atoms with Crippen molar-refractivity contribution in [1.82, 2.24) is 5.43 Å². The third kappa shape index (κ3) is 3.79. The number of hydrogen-bond acceptors (Lipinski definition) is 3. The minimum absolute atomic E-state index is 0.178. The van der Waals surface area contributed by atoms with Gasteiger partial charge in [-0.05, 0) is 29.3 Å². The van der Waals surface area contributed by atoms with Gasteiger partial charge in [0.2, 0.25) is 0 Å². The fraction of sp³-hybridized carbons (Fsp3) is 0.100. The molecule has 0 aliphatic heterocycles. The molecule has 0 heterocycles. The van der Waals surface area contributed by atoms with E-state index in [-0.39, 0.29) is 12.5 Å². The number of benzene rings is 3. The van der Waals surface area contributed by atoms with E-state index in [1.54, 1.807) is 6.21 Å². The largest absolute Gasteiger partial charge is 0.376 e. The number of hydrazone groups is 1. The van der Waals surface area contributed by atoms with Gasteiger partial charge in [0.05, 0.1) is 12.8 Å². The predicted octanol–water partition coefficient (Wildman–Crippen LogP) is 3.71. The Labute approximate surface area is 141 Å². The Kier molecular flexibility index (Phi) is 4.87. The van der Waals surface area contributed by atoms with Crippen molar-refractivity contribution in [2.75, 3.05) is 11.9 Å². The van der Waals surface area contributed by atoms with Crippen molar-refractivity contribution in [3.8, 4) is 0 Å². The molecule has 0 saturated heterocycles. The second-order valence-corrected chi connectivity index (χ2v) is 5.53. The van der Waals surface area contributed by atoms with Crippen molar-refractivity contribution < 1.29 is 4.79 Å². The summed E-state index contributed by atoms with van der Waals surface area (Å²) in [7, 11) is 0. The Bertz CT molecular complexity index is 881. The normalized spacial score (nSPS) is 10.9. The standard InChI is InChI=1S/C20H19N3O/c1-15-7-2-5-12-19(15)21-14-20(24)23-22-13-17-10-6-9-16-8-3-4-11-18(16)17/h2-13,21H,14H2,1H3,(H,23,24)/b22-13+. The third-order valence-electron chi connectivity index (χ3n) is 3.80. The van der Waals surface area contributed by atoms with E-state index in [4.69, 9.17) is 0 Å². The lowest BCUT2D eigenvalue weighted by Gasteiger charge is -2.07. The molecule has 0 fully saturated rings. The number of nitrogens with zero attached hydrogens (tertiary/aromatic N) is 1. The maximum Gasteiger partial charge on any atom is 0.259 e. The SMILES string of the molecule is Cc1ccccc1NCC(=O)N/N=C/c1cccc2ccccc12. The van der Waals surface area contributed by atoms with E-state index in [9.17, 15) is 4.79 Å². The van der Waals surface area contributed by atoms with Crippen molar-refractivity contribution >= 4 is 28.6 Å². The number of nitrogens with one attached hydrogen (secondary N) is 2. The van der Waals surface area contributed by atoms with Crippen LogP contribution < -0.4 is 10.7 Å². The van der Waals surface area contributed by atoms with E-state index in [0.29, 0.717) is 0 Å². The number of anilines is 1. The first kappa shape index (κ1) is 15.7. The highest BCUT2D eigenvalue weighted by Gasteiger charge is 2.01. The molecule has 4 nitrogen and oxygen atoms in total. The summed E-state index contributed by atoms with van der Waals surface area (Å²) in [6, 6.07) is 21.9. The van der Waals surface area contributed by atoms with Gasteiger partial charge in [-0.15, -0.1) is 0 Å². The molecule has 0 radical (unpaired) electrons. The quantitative estimate of drug-likeness (QED) is 0.557. The Hall–Kier alpha value is -3.14. The molecule has 3 rings (SSSR count). The van der Waals surface area contributed by atoms with E-state index < -0.39 is 0 Å². The fourth-order valence-corrected chi connectivity index (χ4v) is 2.52. The lowest BCUT2D eigenvalue weighted by Crippen LogP contribution is -2.26. The molecule has 0 aliphatic carbocycles. The number of fused-ring (bicyclic) bond motifs is 1. The van der Waals surface area contributed by atoms with Gasteiger partial charge < -0.3 is 5.32 Å². The lowest BCUT2D eigenvalue weighted by atomic mass is 10.1. The molecule has 4 heteroatoms. The number of para-hydroxylation sites is 1. The van der Waals surface area contributed by atoms with Crippen LogP contribution in [-0.4, -0.2) is 18.7 Å². The van der Waals surface area contributed by atoms with Crippen LogP contribution in [0.4, 0.5) is 5.69 Å². The molecular weight excluding hydrogens is 298 g/mol. The van der Waals surface area contributed by atoms with Crippen LogP contribution in [0, 0.1) is 6.92 Å². The molecular formula is C20H19N3O. The second kappa shape index (κ2) is 7.42. The van der Waals surface area contributed by atoms with Crippen LogP contribution in [0.5, 0.6) is 0 Å². The van der Waals surface area contributed by atoms with Gasteiger partial charge in [0.1, 0.15) is 0 Å². The van der Waals surface area contributed by atoms with Gasteiger partial charge in [0.15, 0.2) is 0 Å². The van der Waals surface area contributed by atoms with Gasteiger partial charge in [-0.2, -0.15) is 5.10 Å². The molecule has 0 unspecified atom stereocenters. The van der Waals surface area contributed by atoms with Crippen molar-refractivity contribution in [2.45, 2.75) is 6.92 Å². The number of hydrogen-bond donors (Lipinski definition) is 2. The van der Waals surface area contributed by atoms with Crippen molar-refractivity contribution in [3.05, 3.63) is 77.9 Å². The highest BCUT2D eigenvalue weighted by Crippen LogP contribution is 2.16. The molecule has 3 aromatic rings. The maximum atomic E-state index is 11.9. The average molecular weight is 317 g/mol. The summed E-state index contributed by atoms with van der Waals surface area (Å²) in [6.07, 6.45) is 1.67. The Morgan fingerprint density at radius 3 is 2.62 bits per heavy atom. The second-order valence-electron chi connectivity index (χ2n) is 5.53. The smallest absolute Gasteiger partial charge is 0.259 e. The summed E-state index contributed by atoms with van der Waals surface area (Å²) in [5.41, 5.74) is 5.58. The zero-order valence-electron chi connectivity index (χ0n) is 13.5. The minimum atomic E-state index is -0.185. The first-order valence-electron chi connectivity index (χ1n) is 7.83. The van der Waals surface area contributed by atoms with Crippen LogP contribution in [-0.2, 0) is 4.79 Å². The predicted molar refractivity (Wildman–Crippen MR) is 99.4 cm³/mol. The monoisotopic (exact) mass is 317 g/mol. The summed E-state index contributed by atoms with van der Waals surface area (Å²) in [6.45, 7) is 2.18. The number of carbonyl (C=O) groups excluding carboxylic acids is 1. The molecule has 0 bridgehead atoms. The van der Waals surface area contributed by atoms with Crippen LogP contribution in [0.2, 0.25) is 0 Å². The Morgan fingerprint density at radius 1 is 1.00 bits per heavy atom. The molecule has 3 aromatic carbocycles. The minimum Gasteiger partial charge on any atom is -0.376 e. The fourth-order valence-electron chi connectivity index (χ4n) is 2.52. The van der Waals surface area contributed by atoms with Gasteiger partial charge >= 0.3 is 0 Å². The van der Waals surface area contributed by atoms with E-state index in [2.05, 4.69) is 28.0 Å². The summed E-state index contributed by atoms with van der Waals surface area (Å²) < 4.78 is 0. The number of carbonyl (C=O) groups is 1. The molecule has 0 atom stereocenters. The highest BCUT2D eigenvalue weighted by molar-refractivity contribution is 6.00. The van der Waals surface area contributed by atoms with Crippen molar-refractivity contribution in [1.29, 1.82) is 0 Å². The van der Waals surface area contributed by atoms with E-state index in [1.165, 1.54) is 0 Å². The van der Waals surface area contributed by atoms with Crippen molar-refractivity contribution in [2.24, 2.45) is 5.10 Å². The van der Waals surface area contributed by atoms with Crippen LogP contribution in [0.25, 0.3) is 10.8 Å². The lowest BCUT2D eigenvalue weighted by molar-refractivity contribution is -0.119. The van der Waals surface area contributed by atoms with Gasteiger partial charge in [0, 0.05) is 11.3 Å². The van der Waals surface area contributed by atoms with E-state index in [1.807, 2.05) is 61.5 Å². The zero-order valence-corrected chi connectivity index (χ0v) is 13.5. The van der Waals surface area contributed by atoms with Gasteiger partial charge in [-0.25, -0.2) is 5.43 Å². The molecule has 1 amide bonds. The first-order valence-corrected chi connectivity index (χ1v) is 7.83. The van der Waals surface area contributed by atoms with Gasteiger partial charge in [-0.1, -0.05) is 60.7 Å². The Balaban J connectivity index is 1.59. The molecule has 2 N–H and O–H groups in total. The molecule has 120 valence electrons. The Morgan fingerprint density at radius 2 is 1.75 bits per heavy atom. The summed E-state index contributed by atoms with van der Waals surface area (Å²) >= 11 is 0. The van der Waals surface area contributed by atoms with Gasteiger partial charge in [0.25, 0.3) is 5.91 Å². The van der Waals surface area contributed by atoms with Crippen LogP contribution in [0.3, 0.4) is 0 Å². The topological polar surface area (TPSA) is 53.5 Å². The average Bonchev–Trinajstić information content (AvgIpc) is 2.61. The summed E-state index contributed by atoms with van der Waals surface area (Å²) in [5, 5.41) is 9.42. The number of aryl methyl sites for hydroxylation is 1. The highest BCUT2D eigenvalue weighted by atomic mass is 16.2. The zero-order chi connectivity index (χ0) is 16.8. The number of rotatable bonds is 5. The van der Waals surface area contributed by atoms with Crippen LogP contribution >= 0.6 is 0 Å². The third-order valence-corrected chi connectivity index (χ3v) is 3.80. The van der Waals surface area contributed by atoms with Crippen LogP contribution in [0.1, 0.15) is 11.1 Å². The summed E-state index contributed by atoms with van der Waals surface area (Å²) in [5.74, 6) is -0.185. The van der Waals surface area contributed by atoms with Crippen molar-refractivity contribution in [3.63, 3.8) is 0 Å². The van der Waals surface area contributed by atoms with Gasteiger partial charge in [-0.3, -0.25) is 4.79 Å². The summed E-state index contributed by atoms with van der Waals surface area (Å²) in [4.78, 5) is 11.9. The number of amides is 1. The molecule has 0 aliphatic rings. The first-order chi connectivity index (χ1) is 11.7. The maximum absolute atomic E-state index is 11.9. The van der Waals surface area contributed by atoms with E-state index >= 15 is 0 Å². The molecule has 0 aromatic heterocycles.